The maximum Gasteiger partial charge on any atom is 0.327 e. The molecule has 1 unspecified atom stereocenters. The lowest BCUT2D eigenvalue weighted by Gasteiger charge is -2.34. The number of carbonyl (C=O) groups excluding carboxylic acids is 3. The molecule has 2 aromatic rings. The lowest BCUT2D eigenvalue weighted by atomic mass is 9.74. The molecule has 28 heavy (non-hydrogen) atoms. The summed E-state index contributed by atoms with van der Waals surface area (Å²) in [5.74, 6) is -1.27. The molecule has 0 bridgehead atoms. The molecule has 0 saturated heterocycles. The minimum absolute atomic E-state index is 0.183. The zero-order valence-electron chi connectivity index (χ0n) is 15.9. The highest BCUT2D eigenvalue weighted by molar-refractivity contribution is 6.11. The van der Waals surface area contributed by atoms with E-state index in [0.29, 0.717) is 25.1 Å². The molecule has 7 heteroatoms. The molecular formula is C21H22N2O5. The number of nitrogens with one attached hydrogen (secondary N) is 1. The quantitative estimate of drug-likeness (QED) is 0.645. The number of esters is 2. The van der Waals surface area contributed by atoms with Gasteiger partial charge in [-0.15, -0.1) is 0 Å². The summed E-state index contributed by atoms with van der Waals surface area (Å²) in [6, 6.07) is 7.87. The third-order valence-electron chi connectivity index (χ3n) is 5.68. The first kappa shape index (κ1) is 18.3. The van der Waals surface area contributed by atoms with E-state index in [0.717, 1.165) is 22.0 Å². The Balaban J connectivity index is 1.98. The summed E-state index contributed by atoms with van der Waals surface area (Å²) in [5.41, 5.74) is 1.97. The van der Waals surface area contributed by atoms with E-state index < -0.39 is 11.4 Å². The molecule has 2 aliphatic rings. The average Bonchev–Trinajstić information content (AvgIpc) is 2.95. The van der Waals surface area contributed by atoms with Gasteiger partial charge in [-0.2, -0.15) is 0 Å². The molecule has 0 fully saturated rings. The lowest BCUT2D eigenvalue weighted by molar-refractivity contribution is -0.153. The van der Waals surface area contributed by atoms with Crippen molar-refractivity contribution in [3.05, 3.63) is 41.1 Å². The number of rotatable bonds is 4. The number of hydrogen-bond donors (Lipinski definition) is 1. The van der Waals surface area contributed by atoms with Gasteiger partial charge in [0.15, 0.2) is 5.41 Å². The van der Waals surface area contributed by atoms with Crippen LogP contribution < -0.4 is 5.32 Å². The molecule has 0 radical (unpaired) electrons. The van der Waals surface area contributed by atoms with Gasteiger partial charge in [-0.1, -0.05) is 23.8 Å². The number of hydrogen-bond acceptors (Lipinski definition) is 5. The van der Waals surface area contributed by atoms with E-state index >= 15 is 0 Å². The normalized spacial score (nSPS) is 20.6. The van der Waals surface area contributed by atoms with Crippen LogP contribution in [-0.4, -0.2) is 43.2 Å². The van der Waals surface area contributed by atoms with E-state index in [2.05, 4.69) is 5.32 Å². The molecular weight excluding hydrogens is 360 g/mol. The number of aromatic nitrogens is 1. The fraction of sp³-hybridized carbons (Fsp3) is 0.381. The van der Waals surface area contributed by atoms with Crippen molar-refractivity contribution in [3.63, 3.8) is 0 Å². The van der Waals surface area contributed by atoms with E-state index in [1.54, 1.807) is 0 Å². The highest BCUT2D eigenvalue weighted by Gasteiger charge is 2.55. The average molecular weight is 382 g/mol. The Morgan fingerprint density at radius 1 is 1.21 bits per heavy atom. The molecule has 1 amide bonds. The number of benzene rings is 1. The summed E-state index contributed by atoms with van der Waals surface area (Å²) in [6.07, 6.45) is 3.36. The minimum Gasteiger partial charge on any atom is -0.469 e. The molecule has 3 heterocycles. The van der Waals surface area contributed by atoms with Gasteiger partial charge in [0.1, 0.15) is 0 Å². The third-order valence-corrected chi connectivity index (χ3v) is 5.68. The summed E-state index contributed by atoms with van der Waals surface area (Å²) in [7, 11) is 2.64. The number of carbonyl (C=O) groups is 3. The number of para-hydroxylation sites is 1. The van der Waals surface area contributed by atoms with Crippen LogP contribution in [-0.2, 0) is 35.7 Å². The fourth-order valence-electron chi connectivity index (χ4n) is 4.43. The highest BCUT2D eigenvalue weighted by atomic mass is 16.5. The van der Waals surface area contributed by atoms with Gasteiger partial charge < -0.3 is 19.4 Å². The van der Waals surface area contributed by atoms with Crippen molar-refractivity contribution in [2.24, 2.45) is 0 Å². The Hall–Kier alpha value is -3.09. The Morgan fingerprint density at radius 3 is 2.75 bits per heavy atom. The van der Waals surface area contributed by atoms with Gasteiger partial charge in [0.25, 0.3) is 0 Å². The number of ether oxygens (including phenoxy) is 2. The monoisotopic (exact) mass is 382 g/mol. The molecule has 0 saturated carbocycles. The first-order valence-electron chi connectivity index (χ1n) is 9.28. The molecule has 7 nitrogen and oxygen atoms in total. The first-order valence-corrected chi connectivity index (χ1v) is 9.28. The summed E-state index contributed by atoms with van der Waals surface area (Å²) < 4.78 is 11.8. The smallest absolute Gasteiger partial charge is 0.327 e. The second-order valence-corrected chi connectivity index (χ2v) is 7.16. The summed E-state index contributed by atoms with van der Waals surface area (Å²) in [6.45, 7) is 0.454. The maximum absolute atomic E-state index is 13.2. The van der Waals surface area contributed by atoms with Gasteiger partial charge in [-0.3, -0.25) is 14.4 Å². The van der Waals surface area contributed by atoms with Crippen molar-refractivity contribution >= 4 is 34.9 Å². The topological polar surface area (TPSA) is 86.6 Å². The van der Waals surface area contributed by atoms with Crippen LogP contribution in [0.1, 0.15) is 30.5 Å². The van der Waals surface area contributed by atoms with Gasteiger partial charge in [-0.05, 0) is 24.5 Å². The first-order chi connectivity index (χ1) is 13.5. The van der Waals surface area contributed by atoms with Gasteiger partial charge >= 0.3 is 11.9 Å². The lowest BCUT2D eigenvalue weighted by Crippen LogP contribution is -2.52. The van der Waals surface area contributed by atoms with E-state index in [1.807, 2.05) is 35.0 Å². The Kier molecular flexibility index (Phi) is 4.45. The molecule has 2 aliphatic heterocycles. The Morgan fingerprint density at radius 2 is 2.00 bits per heavy atom. The molecule has 1 aromatic heterocycles. The summed E-state index contributed by atoms with van der Waals surface area (Å²) in [5, 5.41) is 3.91. The van der Waals surface area contributed by atoms with Crippen molar-refractivity contribution in [2.75, 3.05) is 20.8 Å². The van der Waals surface area contributed by atoms with E-state index in [4.69, 9.17) is 9.47 Å². The Bertz CT molecular complexity index is 1020. The number of nitrogens with zero attached hydrogens (tertiary/aromatic N) is 1. The number of methoxy groups -OCH3 is 2. The van der Waals surface area contributed by atoms with Crippen LogP contribution in [0.25, 0.3) is 17.1 Å². The number of amides is 1. The van der Waals surface area contributed by atoms with Crippen LogP contribution in [0.3, 0.4) is 0 Å². The minimum atomic E-state index is -1.46. The molecule has 1 aromatic carbocycles. The van der Waals surface area contributed by atoms with Crippen LogP contribution >= 0.6 is 0 Å². The Labute approximate surface area is 162 Å². The van der Waals surface area contributed by atoms with Crippen LogP contribution in [0.2, 0.25) is 0 Å². The summed E-state index contributed by atoms with van der Waals surface area (Å²) >= 11 is 0. The van der Waals surface area contributed by atoms with Crippen molar-refractivity contribution in [1.82, 2.24) is 9.88 Å². The highest BCUT2D eigenvalue weighted by Crippen LogP contribution is 2.45. The largest absolute Gasteiger partial charge is 0.469 e. The molecule has 1 atom stereocenters. The number of fused-ring (bicyclic) bond motifs is 3. The number of allylic oxidation sites excluding steroid dienone is 1. The van der Waals surface area contributed by atoms with Gasteiger partial charge in [0.05, 0.1) is 25.4 Å². The van der Waals surface area contributed by atoms with E-state index in [9.17, 15) is 14.4 Å². The van der Waals surface area contributed by atoms with Crippen molar-refractivity contribution < 1.29 is 23.9 Å². The van der Waals surface area contributed by atoms with Crippen LogP contribution in [0.15, 0.2) is 29.8 Å². The zero-order valence-corrected chi connectivity index (χ0v) is 15.9. The standard InChI is InChI=1S/C21H22N2O5/c1-27-17(24)8-7-13-11-21(20(26)28-2)18-15(9-10-22-19(21)25)14-5-3-4-6-16(14)23(18)12-13/h3-6,12H,7-11H2,1-2H3,(H,22,25). The molecule has 4 rings (SSSR count). The molecule has 0 spiro atoms. The molecule has 1 N–H and O–H groups in total. The maximum atomic E-state index is 13.2. The second kappa shape index (κ2) is 6.82. The van der Waals surface area contributed by atoms with Crippen LogP contribution in [0.4, 0.5) is 0 Å². The van der Waals surface area contributed by atoms with E-state index in [1.165, 1.54) is 14.2 Å². The van der Waals surface area contributed by atoms with Crippen LogP contribution in [0.5, 0.6) is 0 Å². The second-order valence-electron chi connectivity index (χ2n) is 7.16. The van der Waals surface area contributed by atoms with Gasteiger partial charge in [-0.25, -0.2) is 0 Å². The third kappa shape index (κ3) is 2.53. The SMILES string of the molecule is COC(=O)CCC1=Cn2c3c(c4ccccc42)CCNC(=O)C3(C(=O)OC)C1. The van der Waals surface area contributed by atoms with Gasteiger partial charge in [0.2, 0.25) is 5.91 Å². The van der Waals surface area contributed by atoms with Crippen LogP contribution in [0, 0.1) is 0 Å². The predicted octanol–water partition coefficient (Wildman–Crippen LogP) is 1.92. The van der Waals surface area contributed by atoms with Gasteiger partial charge in [0, 0.05) is 31.0 Å². The fourth-order valence-corrected chi connectivity index (χ4v) is 4.43. The summed E-state index contributed by atoms with van der Waals surface area (Å²) in [4.78, 5) is 37.9. The van der Waals surface area contributed by atoms with Crippen molar-refractivity contribution in [1.29, 1.82) is 0 Å². The molecule has 146 valence electrons. The molecule has 0 aliphatic carbocycles. The van der Waals surface area contributed by atoms with Crippen molar-refractivity contribution in [2.45, 2.75) is 31.1 Å². The predicted molar refractivity (Wildman–Crippen MR) is 102 cm³/mol. The van der Waals surface area contributed by atoms with Crippen molar-refractivity contribution in [3.8, 4) is 0 Å². The zero-order chi connectivity index (χ0) is 19.9. The van der Waals surface area contributed by atoms with E-state index in [-0.39, 0.29) is 24.7 Å².